The Hall–Kier alpha value is -0.960. The lowest BCUT2D eigenvalue weighted by Gasteiger charge is -1.82. The second-order valence-corrected chi connectivity index (χ2v) is 2.29. The van der Waals surface area contributed by atoms with Crippen LogP contribution in [0.4, 0.5) is 5.82 Å². The first-order valence-corrected chi connectivity index (χ1v) is 3.29. The molecule has 0 aliphatic rings. The molecule has 0 amide bonds. The molecule has 0 saturated carbocycles. The van der Waals surface area contributed by atoms with Crippen molar-refractivity contribution in [2.75, 3.05) is 0 Å². The zero-order chi connectivity index (χ0) is 6.69. The molecule has 0 radical (unpaired) electrons. The fourth-order valence-corrected chi connectivity index (χ4v) is 1.09. The minimum absolute atomic E-state index is 0.676. The van der Waals surface area contributed by atoms with Crippen molar-refractivity contribution in [2.24, 2.45) is 4.99 Å². The zero-order valence-electron chi connectivity index (χ0n) is 4.87. The van der Waals surface area contributed by atoms with E-state index in [4.69, 9.17) is 0 Å². The smallest absolute Gasteiger partial charge is 0.169 e. The molecule has 1 aromatic heterocycles. The summed E-state index contributed by atoms with van der Waals surface area (Å²) in [7, 11) is 0. The molecule has 9 heavy (non-hydrogen) atoms. The zero-order valence-corrected chi connectivity index (χ0v) is 5.69. The molecule has 1 heterocycles. The molecule has 46 valence electrons. The number of rotatable bonds is 2. The highest BCUT2D eigenvalue weighted by Crippen LogP contribution is 2.21. The molecule has 0 saturated heterocycles. The molecule has 3 heteroatoms. The van der Waals surface area contributed by atoms with E-state index in [-0.39, 0.29) is 0 Å². The van der Waals surface area contributed by atoms with Gasteiger partial charge in [0.1, 0.15) is 0 Å². The molecule has 0 unspecified atom stereocenters. The van der Waals surface area contributed by atoms with E-state index >= 15 is 0 Å². The second-order valence-electron chi connectivity index (χ2n) is 1.40. The number of hydrogen-bond acceptors (Lipinski definition) is 3. The van der Waals surface area contributed by atoms with Crippen molar-refractivity contribution in [1.82, 2.24) is 4.98 Å². The van der Waals surface area contributed by atoms with Gasteiger partial charge in [0, 0.05) is 0 Å². The van der Waals surface area contributed by atoms with Crippen LogP contribution in [0, 0.1) is 0 Å². The summed E-state index contributed by atoms with van der Waals surface area (Å²) in [6, 6.07) is 0. The second kappa shape index (κ2) is 2.55. The van der Waals surface area contributed by atoms with Gasteiger partial charge in [0.05, 0.1) is 10.4 Å². The van der Waals surface area contributed by atoms with Crippen molar-refractivity contribution in [3.63, 3.8) is 0 Å². The van der Waals surface area contributed by atoms with E-state index in [9.17, 15) is 0 Å². The Morgan fingerprint density at radius 1 is 1.78 bits per heavy atom. The molecule has 0 N–H and O–H groups in total. The Morgan fingerprint density at radius 2 is 2.56 bits per heavy atom. The van der Waals surface area contributed by atoms with Gasteiger partial charge in [-0.25, -0.2) is 9.98 Å². The molecule has 1 aromatic rings. The molecule has 0 atom stereocenters. The van der Waals surface area contributed by atoms with Gasteiger partial charge in [-0.2, -0.15) is 0 Å². The lowest BCUT2D eigenvalue weighted by Crippen LogP contribution is -1.62. The highest BCUT2D eigenvalue weighted by molar-refractivity contribution is 7.11. The predicted octanol–water partition coefficient (Wildman–Crippen LogP) is 2.12. The first-order chi connectivity index (χ1) is 4.38. The van der Waals surface area contributed by atoms with Gasteiger partial charge in [-0.1, -0.05) is 6.58 Å². The fourth-order valence-electron chi connectivity index (χ4n) is 0.508. The summed E-state index contributed by atoms with van der Waals surface area (Å²) >= 11 is 1.51. The van der Waals surface area contributed by atoms with Crippen LogP contribution in [0.25, 0.3) is 6.08 Å². The number of hydrogen-bond donors (Lipinski definition) is 0. The van der Waals surface area contributed by atoms with Gasteiger partial charge in [-0.15, -0.1) is 11.3 Å². The molecule has 0 aliphatic carbocycles. The largest absolute Gasteiger partial charge is 0.244 e. The van der Waals surface area contributed by atoms with Crippen molar-refractivity contribution < 1.29 is 0 Å². The summed E-state index contributed by atoms with van der Waals surface area (Å²) in [5.74, 6) is 0.676. The molecule has 0 aliphatic heterocycles. The highest BCUT2D eigenvalue weighted by atomic mass is 32.1. The van der Waals surface area contributed by atoms with Crippen LogP contribution in [-0.4, -0.2) is 11.7 Å². The monoisotopic (exact) mass is 138 g/mol. The first-order valence-electron chi connectivity index (χ1n) is 2.41. The van der Waals surface area contributed by atoms with Crippen molar-refractivity contribution in [3.05, 3.63) is 17.0 Å². The van der Waals surface area contributed by atoms with E-state index in [1.165, 1.54) is 11.3 Å². The molecular formula is C6H6N2S. The van der Waals surface area contributed by atoms with Gasteiger partial charge in [-0.3, -0.25) is 0 Å². The summed E-state index contributed by atoms with van der Waals surface area (Å²) < 4.78 is 0. The lowest BCUT2D eigenvalue weighted by molar-refractivity contribution is 1.35. The summed E-state index contributed by atoms with van der Waals surface area (Å²) in [5.41, 5.74) is 1.72. The van der Waals surface area contributed by atoms with E-state index in [1.807, 2.05) is 0 Å². The summed E-state index contributed by atoms with van der Waals surface area (Å²) in [6.45, 7) is 6.95. The summed E-state index contributed by atoms with van der Waals surface area (Å²) in [6.07, 6.45) is 1.72. The fraction of sp³-hybridized carbons (Fsp3) is 0. The third-order valence-corrected chi connectivity index (χ3v) is 1.72. The Morgan fingerprint density at radius 3 is 3.00 bits per heavy atom. The van der Waals surface area contributed by atoms with E-state index in [2.05, 4.69) is 23.3 Å². The number of aromatic nitrogens is 1. The maximum Gasteiger partial charge on any atom is 0.169 e. The minimum Gasteiger partial charge on any atom is -0.244 e. The third-order valence-electron chi connectivity index (χ3n) is 0.910. The van der Waals surface area contributed by atoms with Crippen molar-refractivity contribution >= 4 is 29.9 Å². The van der Waals surface area contributed by atoms with Crippen LogP contribution in [0.15, 0.2) is 17.1 Å². The molecular weight excluding hydrogens is 132 g/mol. The normalized spacial score (nSPS) is 8.89. The van der Waals surface area contributed by atoms with Gasteiger partial charge in [0.15, 0.2) is 5.82 Å². The quantitative estimate of drug-likeness (QED) is 0.574. The average Bonchev–Trinajstić information content (AvgIpc) is 2.33. The van der Waals surface area contributed by atoms with Gasteiger partial charge < -0.3 is 0 Å². The van der Waals surface area contributed by atoms with Crippen LogP contribution in [0.3, 0.4) is 0 Å². The van der Waals surface area contributed by atoms with Gasteiger partial charge in [0.25, 0.3) is 0 Å². The van der Waals surface area contributed by atoms with Crippen LogP contribution in [0.5, 0.6) is 0 Å². The Bertz CT molecular complexity index is 204. The van der Waals surface area contributed by atoms with Crippen LogP contribution < -0.4 is 0 Å². The van der Waals surface area contributed by atoms with Crippen LogP contribution >= 0.6 is 11.3 Å². The van der Waals surface area contributed by atoms with Gasteiger partial charge in [-0.05, 0) is 12.8 Å². The summed E-state index contributed by atoms with van der Waals surface area (Å²) in [5, 5.41) is 0. The average molecular weight is 138 g/mol. The Labute approximate surface area is 57.6 Å². The number of nitrogens with zero attached hydrogens (tertiary/aromatic N) is 2. The minimum atomic E-state index is 0.676. The van der Waals surface area contributed by atoms with E-state index in [0.717, 1.165) is 4.88 Å². The van der Waals surface area contributed by atoms with Crippen molar-refractivity contribution in [1.29, 1.82) is 0 Å². The maximum atomic E-state index is 3.92. The van der Waals surface area contributed by atoms with Crippen LogP contribution in [-0.2, 0) is 0 Å². The predicted molar refractivity (Wildman–Crippen MR) is 41.4 cm³/mol. The number of aliphatic imine (C=N–C) groups is 1. The van der Waals surface area contributed by atoms with Gasteiger partial charge >= 0.3 is 0 Å². The van der Waals surface area contributed by atoms with E-state index in [0.29, 0.717) is 5.82 Å². The van der Waals surface area contributed by atoms with Crippen molar-refractivity contribution in [2.45, 2.75) is 0 Å². The molecule has 1 rings (SSSR count). The topological polar surface area (TPSA) is 25.2 Å². The van der Waals surface area contributed by atoms with Crippen LogP contribution in [0.1, 0.15) is 4.88 Å². The number of thiazole rings is 1. The van der Waals surface area contributed by atoms with E-state index in [1.54, 1.807) is 11.6 Å². The highest BCUT2D eigenvalue weighted by Gasteiger charge is 1.96. The van der Waals surface area contributed by atoms with Crippen molar-refractivity contribution in [3.8, 4) is 0 Å². The van der Waals surface area contributed by atoms with Gasteiger partial charge in [0.2, 0.25) is 0 Å². The Balaban J connectivity index is 3.12. The van der Waals surface area contributed by atoms with Crippen LogP contribution in [0.2, 0.25) is 0 Å². The summed E-state index contributed by atoms with van der Waals surface area (Å²) in [4.78, 5) is 8.58. The standard InChI is InChI=1S/C6H6N2S/c1-3-5-6(7-2)8-4-9-5/h3-4H,1-2H2. The third kappa shape index (κ3) is 1.05. The first kappa shape index (κ1) is 6.16. The molecule has 0 bridgehead atoms. The lowest BCUT2D eigenvalue weighted by atomic mass is 10.5. The molecule has 0 spiro atoms. The molecule has 0 fully saturated rings. The maximum absolute atomic E-state index is 3.92. The molecule has 0 aromatic carbocycles. The molecule has 2 nitrogen and oxygen atoms in total. The Kier molecular flexibility index (Phi) is 1.75. The van der Waals surface area contributed by atoms with E-state index < -0.39 is 0 Å². The SMILES string of the molecule is C=Cc1scnc1N=C.